The maximum Gasteiger partial charge on any atom is 0.115 e. The Balaban J connectivity index is 0.000000561. The van der Waals surface area contributed by atoms with Crippen LogP contribution in [-0.4, -0.2) is 18.4 Å². The first kappa shape index (κ1) is 11.3. The third-order valence-corrected chi connectivity index (χ3v) is 1.87. The van der Waals surface area contributed by atoms with Crippen molar-refractivity contribution in [1.82, 2.24) is 0 Å². The normalized spacial score (nSPS) is 8.58. The Morgan fingerprint density at radius 3 is 2.17 bits per heavy atom. The van der Waals surface area contributed by atoms with E-state index in [1.165, 1.54) is 12.6 Å². The molecule has 0 spiro atoms. The zero-order valence-corrected chi connectivity index (χ0v) is 8.27. The highest BCUT2D eigenvalue weighted by molar-refractivity contribution is 7.97. The van der Waals surface area contributed by atoms with Crippen LogP contribution in [0.25, 0.3) is 0 Å². The third kappa shape index (κ3) is 4.26. The fourth-order valence-electron chi connectivity index (χ4n) is 0.759. The van der Waals surface area contributed by atoms with Gasteiger partial charge in [-0.25, -0.2) is 0 Å². The first-order valence-corrected chi connectivity index (χ1v) is 5.07. The van der Waals surface area contributed by atoms with Gasteiger partial charge in [-0.2, -0.15) is 11.8 Å². The molecule has 0 heterocycles. The summed E-state index contributed by atoms with van der Waals surface area (Å²) in [5.41, 5.74) is 5.75. The second-order valence-electron chi connectivity index (χ2n) is 2.10. The van der Waals surface area contributed by atoms with Gasteiger partial charge in [-0.3, -0.25) is 0 Å². The fourth-order valence-corrected chi connectivity index (χ4v) is 1.28. The summed E-state index contributed by atoms with van der Waals surface area (Å²) in [5, 5.41) is 8.92. The minimum atomic E-state index is 0.338. The molecule has 2 nitrogen and oxygen atoms in total. The van der Waals surface area contributed by atoms with Gasteiger partial charge in [0.05, 0.1) is 0 Å². The van der Waals surface area contributed by atoms with Crippen LogP contribution in [-0.2, 0) is 5.75 Å². The molecule has 0 aliphatic rings. The smallest absolute Gasteiger partial charge is 0.115 e. The summed E-state index contributed by atoms with van der Waals surface area (Å²) < 4.78 is 0. The van der Waals surface area contributed by atoms with E-state index < -0.39 is 0 Å². The number of hydrogen-bond acceptors (Lipinski definition) is 3. The lowest BCUT2D eigenvalue weighted by Gasteiger charge is -1.96. The Hall–Kier alpha value is -0.670. The average molecular weight is 185 g/mol. The van der Waals surface area contributed by atoms with Gasteiger partial charge >= 0.3 is 0 Å². The highest BCUT2D eigenvalue weighted by atomic mass is 32.2. The lowest BCUT2D eigenvalue weighted by atomic mass is 10.2. The molecule has 0 aromatic heterocycles. The van der Waals surface area contributed by atoms with Gasteiger partial charge in [0.25, 0.3) is 0 Å². The number of phenols is 1. The molecule has 1 rings (SSSR count). The fraction of sp³-hybridized carbons (Fsp3) is 0.333. The van der Waals surface area contributed by atoms with Crippen molar-refractivity contribution in [2.45, 2.75) is 5.75 Å². The molecule has 0 saturated heterocycles. The maximum absolute atomic E-state index is 8.92. The molecule has 0 saturated carbocycles. The van der Waals surface area contributed by atoms with E-state index in [2.05, 4.69) is 12.0 Å². The summed E-state index contributed by atoms with van der Waals surface area (Å²) in [6.45, 7) is 0. The van der Waals surface area contributed by atoms with Gasteiger partial charge in [0.15, 0.2) is 0 Å². The van der Waals surface area contributed by atoms with E-state index in [1.54, 1.807) is 23.9 Å². The van der Waals surface area contributed by atoms with E-state index >= 15 is 0 Å². The topological polar surface area (TPSA) is 46.2 Å². The lowest BCUT2D eigenvalue weighted by Crippen LogP contribution is -1.76. The third-order valence-electron chi connectivity index (χ3n) is 1.25. The van der Waals surface area contributed by atoms with E-state index in [4.69, 9.17) is 5.11 Å². The van der Waals surface area contributed by atoms with Gasteiger partial charge in [-0.15, -0.1) is 0 Å². The van der Waals surface area contributed by atoms with Crippen LogP contribution in [0.3, 0.4) is 0 Å². The van der Waals surface area contributed by atoms with E-state index in [9.17, 15) is 0 Å². The summed E-state index contributed by atoms with van der Waals surface area (Å²) in [5.74, 6) is 1.35. The molecule has 0 fully saturated rings. The zero-order chi connectivity index (χ0) is 9.40. The van der Waals surface area contributed by atoms with Gasteiger partial charge in [0.1, 0.15) is 5.75 Å². The molecule has 1 aromatic carbocycles. The Kier molecular flexibility index (Phi) is 6.61. The van der Waals surface area contributed by atoms with Gasteiger partial charge in [-0.05, 0) is 31.0 Å². The monoisotopic (exact) mass is 185 g/mol. The highest BCUT2D eigenvalue weighted by Crippen LogP contribution is 2.13. The minimum absolute atomic E-state index is 0.338. The number of nitrogens with two attached hydrogens (primary N) is 1. The Bertz CT molecular complexity index is 198. The number of thioether (sulfide) groups is 1. The summed E-state index contributed by atoms with van der Waals surface area (Å²) in [6.07, 6.45) is 2.06. The van der Waals surface area contributed by atoms with Crippen molar-refractivity contribution in [1.29, 1.82) is 0 Å². The summed E-state index contributed by atoms with van der Waals surface area (Å²) in [4.78, 5) is 0. The number of hydrogen-bond donors (Lipinski definition) is 2. The summed E-state index contributed by atoms with van der Waals surface area (Å²) in [6, 6.07) is 7.30. The Labute approximate surface area is 77.8 Å². The molecule has 0 atom stereocenters. The number of phenolic OH excluding ortho intramolecular Hbond substituents is 1. The van der Waals surface area contributed by atoms with Crippen LogP contribution in [0.1, 0.15) is 5.56 Å². The van der Waals surface area contributed by atoms with Gasteiger partial charge in [0.2, 0.25) is 0 Å². The molecule has 0 bridgehead atoms. The number of rotatable bonds is 2. The number of benzene rings is 1. The van der Waals surface area contributed by atoms with Crippen LogP contribution in [0.5, 0.6) is 5.75 Å². The van der Waals surface area contributed by atoms with Crippen molar-refractivity contribution in [3.63, 3.8) is 0 Å². The minimum Gasteiger partial charge on any atom is -0.508 e. The van der Waals surface area contributed by atoms with Crippen LogP contribution in [0.15, 0.2) is 24.3 Å². The van der Waals surface area contributed by atoms with Crippen LogP contribution >= 0.6 is 11.8 Å². The van der Waals surface area contributed by atoms with Crippen LogP contribution < -0.4 is 5.73 Å². The molecule has 68 valence electrons. The number of aromatic hydroxyl groups is 1. The van der Waals surface area contributed by atoms with Crippen molar-refractivity contribution in [2.75, 3.05) is 13.3 Å². The van der Waals surface area contributed by atoms with Crippen molar-refractivity contribution in [2.24, 2.45) is 5.73 Å². The molecular formula is C9H15NOS. The second kappa shape index (κ2) is 7.00. The molecule has 0 aliphatic carbocycles. The molecule has 0 radical (unpaired) electrons. The predicted molar refractivity (Wildman–Crippen MR) is 55.4 cm³/mol. The zero-order valence-electron chi connectivity index (χ0n) is 7.45. The Morgan fingerprint density at radius 2 is 1.75 bits per heavy atom. The molecule has 0 unspecified atom stereocenters. The van der Waals surface area contributed by atoms with E-state index in [-0.39, 0.29) is 0 Å². The largest absolute Gasteiger partial charge is 0.508 e. The molecular weight excluding hydrogens is 170 g/mol. The van der Waals surface area contributed by atoms with Gasteiger partial charge in [-0.1, -0.05) is 12.1 Å². The molecule has 3 N–H and O–H groups in total. The quantitative estimate of drug-likeness (QED) is 0.739. The van der Waals surface area contributed by atoms with Crippen LogP contribution in [0.2, 0.25) is 0 Å². The first-order valence-electron chi connectivity index (χ1n) is 3.67. The van der Waals surface area contributed by atoms with Gasteiger partial charge < -0.3 is 10.8 Å². The molecule has 1 aromatic rings. The van der Waals surface area contributed by atoms with Crippen LogP contribution in [0, 0.1) is 0 Å². The maximum atomic E-state index is 8.92. The van der Waals surface area contributed by atoms with Crippen molar-refractivity contribution < 1.29 is 5.11 Å². The lowest BCUT2D eigenvalue weighted by molar-refractivity contribution is 0.475. The molecule has 0 amide bonds. The average Bonchev–Trinajstić information content (AvgIpc) is 2.13. The molecule has 0 aliphatic heterocycles. The highest BCUT2D eigenvalue weighted by Gasteiger charge is 1.89. The SMILES string of the molecule is CN.CSCc1ccc(O)cc1. The molecule has 12 heavy (non-hydrogen) atoms. The van der Waals surface area contributed by atoms with E-state index in [0.29, 0.717) is 5.75 Å². The first-order chi connectivity index (χ1) is 5.83. The van der Waals surface area contributed by atoms with Crippen molar-refractivity contribution in [3.05, 3.63) is 29.8 Å². The molecule has 3 heteroatoms. The van der Waals surface area contributed by atoms with Gasteiger partial charge in [0, 0.05) is 5.75 Å². The van der Waals surface area contributed by atoms with Crippen molar-refractivity contribution in [3.8, 4) is 5.75 Å². The summed E-state index contributed by atoms with van der Waals surface area (Å²) >= 11 is 1.78. The predicted octanol–water partition coefficient (Wildman–Crippen LogP) is 1.83. The van der Waals surface area contributed by atoms with Crippen molar-refractivity contribution >= 4 is 11.8 Å². The second-order valence-corrected chi connectivity index (χ2v) is 2.97. The van der Waals surface area contributed by atoms with E-state index in [0.717, 1.165) is 5.75 Å². The van der Waals surface area contributed by atoms with Crippen LogP contribution in [0.4, 0.5) is 0 Å². The standard InChI is InChI=1S/C8H10OS.CH5N/c1-10-6-7-2-4-8(9)5-3-7;1-2/h2-5,9H,6H2,1H3;2H2,1H3. The van der Waals surface area contributed by atoms with E-state index in [1.807, 2.05) is 12.1 Å². The Morgan fingerprint density at radius 1 is 1.25 bits per heavy atom. The summed E-state index contributed by atoms with van der Waals surface area (Å²) in [7, 11) is 1.50.